The van der Waals surface area contributed by atoms with Crippen LogP contribution in [0.25, 0.3) is 0 Å². The summed E-state index contributed by atoms with van der Waals surface area (Å²) in [6.45, 7) is 0. The van der Waals surface area contributed by atoms with E-state index >= 15 is 0 Å². The first-order valence-corrected chi connectivity index (χ1v) is 8.44. The summed E-state index contributed by atoms with van der Waals surface area (Å²) in [6.07, 6.45) is 0. The number of nitrogens with zero attached hydrogens (tertiary/aromatic N) is 1. The molecule has 2 aromatic carbocycles. The van der Waals surface area contributed by atoms with Gasteiger partial charge in [-0.1, -0.05) is 11.6 Å². The molecule has 0 unspecified atom stereocenters. The molecule has 124 valence electrons. The predicted molar refractivity (Wildman–Crippen MR) is 89.5 cm³/mol. The van der Waals surface area contributed by atoms with E-state index in [0.29, 0.717) is 5.69 Å². The lowest BCUT2D eigenvalue weighted by Crippen LogP contribution is -2.18. The van der Waals surface area contributed by atoms with Crippen LogP contribution in [0.1, 0.15) is 0 Å². The summed E-state index contributed by atoms with van der Waals surface area (Å²) in [4.78, 5) is 1.55. The Morgan fingerprint density at radius 1 is 1.17 bits per heavy atom. The summed E-state index contributed by atoms with van der Waals surface area (Å²) in [5.74, 6) is -0.406. The van der Waals surface area contributed by atoms with E-state index in [1.807, 2.05) is 0 Å². The second-order valence-electron chi connectivity index (χ2n) is 4.96. The lowest BCUT2D eigenvalue weighted by atomic mass is 10.2. The summed E-state index contributed by atoms with van der Waals surface area (Å²) >= 11 is 5.87. The van der Waals surface area contributed by atoms with Crippen LogP contribution in [0, 0.1) is 5.82 Å². The maximum absolute atomic E-state index is 13.5. The average molecular weight is 359 g/mol. The van der Waals surface area contributed by atoms with Crippen molar-refractivity contribution in [2.24, 2.45) is 0 Å². The quantitative estimate of drug-likeness (QED) is 0.890. The van der Waals surface area contributed by atoms with Gasteiger partial charge in [-0.3, -0.25) is 4.72 Å². The van der Waals surface area contributed by atoms with E-state index in [0.717, 1.165) is 6.07 Å². The zero-order valence-corrected chi connectivity index (χ0v) is 14.4. The van der Waals surface area contributed by atoms with E-state index in [-0.39, 0.29) is 21.4 Å². The summed E-state index contributed by atoms with van der Waals surface area (Å²) in [5, 5.41) is 0.248. The number of sulfonamides is 1. The topological polar surface area (TPSA) is 58.6 Å². The molecule has 0 aromatic heterocycles. The molecule has 0 amide bonds. The number of nitrogens with one attached hydrogen (secondary N) is 1. The molecule has 0 saturated heterocycles. The number of hydrogen-bond donors (Lipinski definition) is 1. The maximum Gasteiger partial charge on any atom is 0.265 e. The highest BCUT2D eigenvalue weighted by Crippen LogP contribution is 2.32. The fourth-order valence-electron chi connectivity index (χ4n) is 2.04. The van der Waals surface area contributed by atoms with E-state index in [9.17, 15) is 12.8 Å². The second kappa shape index (κ2) is 6.64. The Bertz CT molecular complexity index is 825. The molecule has 2 aromatic rings. The zero-order chi connectivity index (χ0) is 17.2. The zero-order valence-electron chi connectivity index (χ0n) is 12.8. The SMILES string of the molecule is COc1ccc(Cl)cc1S(=O)(=O)Nc1cc(F)ccc1N(C)C. The summed E-state index contributed by atoms with van der Waals surface area (Å²) < 4.78 is 46.2. The van der Waals surface area contributed by atoms with Crippen LogP contribution in [0.15, 0.2) is 41.3 Å². The molecule has 0 spiro atoms. The Labute approximate surface area is 139 Å². The molecule has 0 aliphatic heterocycles. The van der Waals surface area contributed by atoms with Gasteiger partial charge in [0.1, 0.15) is 16.5 Å². The molecule has 0 aliphatic carbocycles. The highest BCUT2D eigenvalue weighted by Gasteiger charge is 2.22. The third-order valence-corrected chi connectivity index (χ3v) is 4.72. The lowest BCUT2D eigenvalue weighted by molar-refractivity contribution is 0.403. The first-order chi connectivity index (χ1) is 10.7. The Morgan fingerprint density at radius 3 is 2.48 bits per heavy atom. The molecule has 0 heterocycles. The Hall–Kier alpha value is -1.99. The van der Waals surface area contributed by atoms with Crippen molar-refractivity contribution in [1.82, 2.24) is 0 Å². The van der Waals surface area contributed by atoms with Gasteiger partial charge in [0.15, 0.2) is 0 Å². The molecule has 23 heavy (non-hydrogen) atoms. The molecule has 0 radical (unpaired) electrons. The summed E-state index contributed by atoms with van der Waals surface area (Å²) in [7, 11) is 0.807. The standard InChI is InChI=1S/C15H16ClFN2O3S/c1-19(2)13-6-5-11(17)9-12(13)18-23(20,21)15-8-10(16)4-7-14(15)22-3/h4-9,18H,1-3H3. The number of halogens is 2. The van der Waals surface area contributed by atoms with E-state index in [2.05, 4.69) is 4.72 Å². The van der Waals surface area contributed by atoms with Crippen molar-refractivity contribution in [3.63, 3.8) is 0 Å². The molecule has 0 fully saturated rings. The van der Waals surface area contributed by atoms with Gasteiger partial charge in [0.25, 0.3) is 10.0 Å². The molecule has 0 atom stereocenters. The minimum Gasteiger partial charge on any atom is -0.495 e. The van der Waals surface area contributed by atoms with E-state index in [4.69, 9.17) is 16.3 Å². The van der Waals surface area contributed by atoms with Gasteiger partial charge in [0.2, 0.25) is 0 Å². The van der Waals surface area contributed by atoms with E-state index in [1.165, 1.54) is 37.4 Å². The van der Waals surface area contributed by atoms with Crippen molar-refractivity contribution >= 4 is 33.0 Å². The molecule has 2 rings (SSSR count). The van der Waals surface area contributed by atoms with Crippen LogP contribution in [0.2, 0.25) is 5.02 Å². The number of anilines is 2. The molecule has 0 bridgehead atoms. The maximum atomic E-state index is 13.5. The molecule has 0 saturated carbocycles. The number of rotatable bonds is 5. The van der Waals surface area contributed by atoms with Crippen molar-refractivity contribution in [3.05, 3.63) is 47.2 Å². The van der Waals surface area contributed by atoms with Gasteiger partial charge in [-0.05, 0) is 30.3 Å². The highest BCUT2D eigenvalue weighted by molar-refractivity contribution is 7.92. The number of benzene rings is 2. The third kappa shape index (κ3) is 3.86. The Balaban J connectivity index is 2.51. The van der Waals surface area contributed by atoms with Gasteiger partial charge >= 0.3 is 0 Å². The fourth-order valence-corrected chi connectivity index (χ4v) is 3.54. The smallest absolute Gasteiger partial charge is 0.265 e. The molecule has 5 nitrogen and oxygen atoms in total. The number of hydrogen-bond acceptors (Lipinski definition) is 4. The normalized spacial score (nSPS) is 11.2. The average Bonchev–Trinajstić information content (AvgIpc) is 2.46. The second-order valence-corrected chi connectivity index (χ2v) is 7.04. The Morgan fingerprint density at radius 2 is 1.87 bits per heavy atom. The van der Waals surface area contributed by atoms with Gasteiger partial charge in [-0.25, -0.2) is 12.8 Å². The van der Waals surface area contributed by atoms with Gasteiger partial charge in [0.05, 0.1) is 18.5 Å². The minimum absolute atomic E-state index is 0.122. The van der Waals surface area contributed by atoms with Gasteiger partial charge in [-0.2, -0.15) is 0 Å². The molecule has 0 aliphatic rings. The fraction of sp³-hybridized carbons (Fsp3) is 0.200. The number of methoxy groups -OCH3 is 1. The van der Waals surface area contributed by atoms with Crippen LogP contribution in [0.3, 0.4) is 0 Å². The van der Waals surface area contributed by atoms with E-state index < -0.39 is 15.8 Å². The van der Waals surface area contributed by atoms with Gasteiger partial charge in [0, 0.05) is 25.2 Å². The van der Waals surface area contributed by atoms with E-state index in [1.54, 1.807) is 19.0 Å². The monoisotopic (exact) mass is 358 g/mol. The van der Waals surface area contributed by atoms with Crippen molar-refractivity contribution in [3.8, 4) is 5.75 Å². The minimum atomic E-state index is -4.00. The van der Waals surface area contributed by atoms with Crippen LogP contribution in [0.4, 0.5) is 15.8 Å². The molecule has 8 heteroatoms. The molecular weight excluding hydrogens is 343 g/mol. The van der Waals surface area contributed by atoms with Crippen LogP contribution >= 0.6 is 11.6 Å². The van der Waals surface area contributed by atoms with Crippen LogP contribution in [-0.4, -0.2) is 29.6 Å². The van der Waals surface area contributed by atoms with Crippen molar-refractivity contribution in [2.75, 3.05) is 30.8 Å². The first-order valence-electron chi connectivity index (χ1n) is 6.58. The third-order valence-electron chi connectivity index (χ3n) is 3.10. The van der Waals surface area contributed by atoms with Crippen molar-refractivity contribution in [1.29, 1.82) is 0 Å². The molecular formula is C15H16ClFN2O3S. The van der Waals surface area contributed by atoms with Crippen molar-refractivity contribution in [2.45, 2.75) is 4.90 Å². The largest absolute Gasteiger partial charge is 0.495 e. The van der Waals surface area contributed by atoms with Crippen LogP contribution in [0.5, 0.6) is 5.75 Å². The Kier molecular flexibility index (Phi) is 5.01. The lowest BCUT2D eigenvalue weighted by Gasteiger charge is -2.19. The van der Waals surface area contributed by atoms with Crippen LogP contribution in [-0.2, 0) is 10.0 Å². The highest BCUT2D eigenvalue weighted by atomic mass is 35.5. The molecule has 1 N–H and O–H groups in total. The predicted octanol–water partition coefficient (Wildman–Crippen LogP) is 3.35. The number of ether oxygens (including phenoxy) is 1. The van der Waals surface area contributed by atoms with Gasteiger partial charge in [-0.15, -0.1) is 0 Å². The summed E-state index contributed by atoms with van der Waals surface area (Å²) in [6, 6.07) is 8.11. The van der Waals surface area contributed by atoms with Gasteiger partial charge < -0.3 is 9.64 Å². The van der Waals surface area contributed by atoms with Crippen LogP contribution < -0.4 is 14.4 Å². The van der Waals surface area contributed by atoms with Crippen molar-refractivity contribution < 1.29 is 17.5 Å². The summed E-state index contributed by atoms with van der Waals surface area (Å²) in [5.41, 5.74) is 0.646. The first kappa shape index (κ1) is 17.4.